The molecule has 1 atom stereocenters. The van der Waals surface area contributed by atoms with Crippen LogP contribution < -0.4 is 10.5 Å². The van der Waals surface area contributed by atoms with Gasteiger partial charge in [-0.2, -0.15) is 0 Å². The van der Waals surface area contributed by atoms with Crippen molar-refractivity contribution >= 4 is 5.91 Å². The summed E-state index contributed by atoms with van der Waals surface area (Å²) >= 11 is 0. The first-order chi connectivity index (χ1) is 7.56. The summed E-state index contributed by atoms with van der Waals surface area (Å²) in [4.78, 5) is 10.8. The number of benzene rings is 1. The summed E-state index contributed by atoms with van der Waals surface area (Å²) < 4.78 is 5.74. The van der Waals surface area contributed by atoms with Crippen LogP contribution in [0.15, 0.2) is 30.4 Å². The molecule has 3 nitrogen and oxygen atoms in total. The second kappa shape index (κ2) is 4.00. The van der Waals surface area contributed by atoms with Crippen molar-refractivity contribution in [3.8, 4) is 5.75 Å². The van der Waals surface area contributed by atoms with Gasteiger partial charge in [-0.3, -0.25) is 4.79 Å². The normalized spacial score (nSPS) is 17.7. The van der Waals surface area contributed by atoms with Gasteiger partial charge in [0.15, 0.2) is 0 Å². The quantitative estimate of drug-likeness (QED) is 0.782. The molecule has 1 aliphatic rings. The second-order valence-electron chi connectivity index (χ2n) is 4.24. The maximum absolute atomic E-state index is 10.8. The number of nitrogens with two attached hydrogens (primary N) is 1. The highest BCUT2D eigenvalue weighted by Crippen LogP contribution is 2.32. The van der Waals surface area contributed by atoms with E-state index in [0.717, 1.165) is 23.3 Å². The van der Waals surface area contributed by atoms with Crippen molar-refractivity contribution in [1.29, 1.82) is 0 Å². The number of fused-ring (bicyclic) bond motifs is 1. The van der Waals surface area contributed by atoms with Crippen molar-refractivity contribution in [2.75, 3.05) is 0 Å². The highest BCUT2D eigenvalue weighted by atomic mass is 16.5. The fourth-order valence-electron chi connectivity index (χ4n) is 1.86. The molecule has 0 fully saturated rings. The van der Waals surface area contributed by atoms with Crippen molar-refractivity contribution in [3.05, 3.63) is 41.5 Å². The molecule has 1 aromatic carbocycles. The molecule has 2 N–H and O–H groups in total. The summed E-state index contributed by atoms with van der Waals surface area (Å²) in [5, 5.41) is 0. The minimum atomic E-state index is -0.325. The summed E-state index contributed by atoms with van der Waals surface area (Å²) in [7, 11) is 0. The van der Waals surface area contributed by atoms with E-state index in [9.17, 15) is 4.79 Å². The van der Waals surface area contributed by atoms with Gasteiger partial charge in [-0.1, -0.05) is 18.7 Å². The zero-order valence-electron chi connectivity index (χ0n) is 9.32. The van der Waals surface area contributed by atoms with Crippen LogP contribution in [0.3, 0.4) is 0 Å². The Labute approximate surface area is 94.9 Å². The zero-order chi connectivity index (χ0) is 11.7. The predicted octanol–water partition coefficient (Wildman–Crippen LogP) is 1.59. The Hall–Kier alpha value is -1.77. The molecule has 2 rings (SSSR count). The lowest BCUT2D eigenvalue weighted by Gasteiger charge is -2.09. The smallest absolute Gasteiger partial charge is 0.221 e. The Morgan fingerprint density at radius 2 is 2.38 bits per heavy atom. The largest absolute Gasteiger partial charge is 0.485 e. The molecule has 0 aromatic heterocycles. The second-order valence-corrected chi connectivity index (χ2v) is 4.24. The number of hydrogen-bond acceptors (Lipinski definition) is 2. The van der Waals surface area contributed by atoms with E-state index in [2.05, 4.69) is 6.58 Å². The first-order valence-corrected chi connectivity index (χ1v) is 5.28. The Bertz CT molecular complexity index is 451. The average molecular weight is 217 g/mol. The van der Waals surface area contributed by atoms with Gasteiger partial charge >= 0.3 is 0 Å². The van der Waals surface area contributed by atoms with E-state index < -0.39 is 0 Å². The van der Waals surface area contributed by atoms with Crippen LogP contribution in [0.2, 0.25) is 0 Å². The summed E-state index contributed by atoms with van der Waals surface area (Å²) in [5.74, 6) is 0.529. The SMILES string of the molecule is C=C(C)C1Cc2ccc(CC(N)=O)cc2O1. The number of carbonyl (C=O) groups excluding carboxylic acids is 1. The molecular weight excluding hydrogens is 202 g/mol. The number of primary amides is 1. The van der Waals surface area contributed by atoms with Crippen molar-refractivity contribution < 1.29 is 9.53 Å². The fourth-order valence-corrected chi connectivity index (χ4v) is 1.86. The molecule has 0 radical (unpaired) electrons. The molecule has 0 spiro atoms. The molecule has 1 amide bonds. The summed E-state index contributed by atoms with van der Waals surface area (Å²) in [6, 6.07) is 5.81. The van der Waals surface area contributed by atoms with Crippen molar-refractivity contribution in [1.82, 2.24) is 0 Å². The number of rotatable bonds is 3. The Kier molecular flexibility index (Phi) is 2.69. The maximum atomic E-state index is 10.8. The van der Waals surface area contributed by atoms with Crippen LogP contribution in [0, 0.1) is 0 Å². The number of amides is 1. The molecule has 3 heteroatoms. The third-order valence-electron chi connectivity index (χ3n) is 2.73. The molecule has 0 saturated heterocycles. The Balaban J connectivity index is 2.20. The molecule has 1 aromatic rings. The van der Waals surface area contributed by atoms with E-state index in [1.54, 1.807) is 0 Å². The topological polar surface area (TPSA) is 52.3 Å². The molecular formula is C13H15NO2. The van der Waals surface area contributed by atoms with Gasteiger partial charge in [-0.25, -0.2) is 0 Å². The van der Waals surface area contributed by atoms with E-state index in [1.165, 1.54) is 5.56 Å². The highest BCUT2D eigenvalue weighted by Gasteiger charge is 2.23. The van der Waals surface area contributed by atoms with E-state index in [-0.39, 0.29) is 18.4 Å². The van der Waals surface area contributed by atoms with Crippen molar-refractivity contribution in [3.63, 3.8) is 0 Å². The Morgan fingerprint density at radius 1 is 1.62 bits per heavy atom. The number of hydrogen-bond donors (Lipinski definition) is 1. The van der Waals surface area contributed by atoms with E-state index >= 15 is 0 Å². The molecule has 0 aliphatic carbocycles. The molecule has 1 aliphatic heterocycles. The van der Waals surface area contributed by atoms with E-state index in [1.807, 2.05) is 25.1 Å². The molecule has 1 heterocycles. The summed E-state index contributed by atoms with van der Waals surface area (Å²) in [6.45, 7) is 5.85. The first-order valence-electron chi connectivity index (χ1n) is 5.28. The third kappa shape index (κ3) is 2.08. The van der Waals surface area contributed by atoms with Crippen LogP contribution in [0.25, 0.3) is 0 Å². The van der Waals surface area contributed by atoms with Gasteiger partial charge in [0.05, 0.1) is 6.42 Å². The lowest BCUT2D eigenvalue weighted by Crippen LogP contribution is -2.14. The highest BCUT2D eigenvalue weighted by molar-refractivity contribution is 5.76. The monoisotopic (exact) mass is 217 g/mol. The molecule has 0 saturated carbocycles. The minimum Gasteiger partial charge on any atom is -0.485 e. The summed E-state index contributed by atoms with van der Waals surface area (Å²) in [5.41, 5.74) is 8.24. The van der Waals surface area contributed by atoms with Gasteiger partial charge in [0, 0.05) is 6.42 Å². The van der Waals surface area contributed by atoms with Gasteiger partial charge in [0.25, 0.3) is 0 Å². The van der Waals surface area contributed by atoms with Crippen molar-refractivity contribution in [2.45, 2.75) is 25.9 Å². The standard InChI is InChI=1S/C13H15NO2/c1-8(2)11-7-10-4-3-9(6-13(14)15)5-12(10)16-11/h3-5,11H,1,6-7H2,2H3,(H2,14,15). The number of ether oxygens (including phenoxy) is 1. The van der Waals surface area contributed by atoms with Gasteiger partial charge in [0.2, 0.25) is 5.91 Å². The van der Waals surface area contributed by atoms with Crippen LogP contribution in [0.4, 0.5) is 0 Å². The van der Waals surface area contributed by atoms with Crippen LogP contribution in [-0.2, 0) is 17.6 Å². The predicted molar refractivity (Wildman–Crippen MR) is 62.3 cm³/mol. The van der Waals surface area contributed by atoms with Crippen LogP contribution in [0.1, 0.15) is 18.1 Å². The maximum Gasteiger partial charge on any atom is 0.221 e. The lowest BCUT2D eigenvalue weighted by atomic mass is 10.0. The first kappa shape index (κ1) is 10.7. The van der Waals surface area contributed by atoms with Crippen LogP contribution in [-0.4, -0.2) is 12.0 Å². The zero-order valence-corrected chi connectivity index (χ0v) is 9.32. The average Bonchev–Trinajstić information content (AvgIpc) is 2.59. The molecule has 1 unspecified atom stereocenters. The minimum absolute atomic E-state index is 0.0684. The molecule has 84 valence electrons. The third-order valence-corrected chi connectivity index (χ3v) is 2.73. The van der Waals surface area contributed by atoms with Crippen LogP contribution >= 0.6 is 0 Å². The number of carbonyl (C=O) groups is 1. The van der Waals surface area contributed by atoms with Gasteiger partial charge in [-0.05, 0) is 29.7 Å². The Morgan fingerprint density at radius 3 is 3.00 bits per heavy atom. The lowest BCUT2D eigenvalue weighted by molar-refractivity contribution is -0.117. The summed E-state index contributed by atoms with van der Waals surface area (Å²) in [6.07, 6.45) is 1.19. The molecule has 16 heavy (non-hydrogen) atoms. The van der Waals surface area contributed by atoms with Gasteiger partial charge in [-0.15, -0.1) is 0 Å². The fraction of sp³-hybridized carbons (Fsp3) is 0.308. The van der Waals surface area contributed by atoms with Gasteiger partial charge < -0.3 is 10.5 Å². The van der Waals surface area contributed by atoms with E-state index in [4.69, 9.17) is 10.5 Å². The van der Waals surface area contributed by atoms with Crippen LogP contribution in [0.5, 0.6) is 5.75 Å². The van der Waals surface area contributed by atoms with E-state index in [0.29, 0.717) is 0 Å². The molecule has 0 bridgehead atoms. The van der Waals surface area contributed by atoms with Crippen molar-refractivity contribution in [2.24, 2.45) is 5.73 Å². The van der Waals surface area contributed by atoms with Gasteiger partial charge in [0.1, 0.15) is 11.9 Å².